The lowest BCUT2D eigenvalue weighted by molar-refractivity contribution is -0.226. The van der Waals surface area contributed by atoms with Crippen LogP contribution < -0.4 is 5.73 Å². The third-order valence-corrected chi connectivity index (χ3v) is 2.89. The van der Waals surface area contributed by atoms with Gasteiger partial charge in [-0.1, -0.05) is 0 Å². The van der Waals surface area contributed by atoms with Crippen molar-refractivity contribution in [2.75, 3.05) is 14.2 Å². The second kappa shape index (κ2) is 4.07. The molecule has 0 radical (unpaired) electrons. The number of methoxy groups -OCH3 is 2. The standard InChI is InChI=1S/C9H17NO3/c1-12-9(13-2)5-3-7(4-6-9)8(10)11/h7H,3-6H2,1-2H3,(H2,10,11). The van der Waals surface area contributed by atoms with Crippen LogP contribution in [0.1, 0.15) is 25.7 Å². The zero-order chi connectivity index (χ0) is 9.90. The molecular formula is C9H17NO3. The lowest BCUT2D eigenvalue weighted by Gasteiger charge is -2.36. The molecule has 1 rings (SSSR count). The van der Waals surface area contributed by atoms with Gasteiger partial charge in [0.1, 0.15) is 0 Å². The van der Waals surface area contributed by atoms with Crippen LogP contribution in [0, 0.1) is 5.92 Å². The quantitative estimate of drug-likeness (QED) is 0.660. The summed E-state index contributed by atoms with van der Waals surface area (Å²) in [6, 6.07) is 0. The highest BCUT2D eigenvalue weighted by atomic mass is 16.7. The molecule has 2 N–H and O–H groups in total. The third-order valence-electron chi connectivity index (χ3n) is 2.89. The van der Waals surface area contributed by atoms with Gasteiger partial charge in [0.15, 0.2) is 5.79 Å². The Morgan fingerprint density at radius 3 is 2.08 bits per heavy atom. The van der Waals surface area contributed by atoms with Crippen molar-refractivity contribution in [2.24, 2.45) is 11.7 Å². The molecule has 76 valence electrons. The second-order valence-electron chi connectivity index (χ2n) is 3.50. The van der Waals surface area contributed by atoms with E-state index in [1.807, 2.05) is 0 Å². The largest absolute Gasteiger partial charge is 0.369 e. The van der Waals surface area contributed by atoms with Gasteiger partial charge in [0.2, 0.25) is 5.91 Å². The van der Waals surface area contributed by atoms with E-state index < -0.39 is 5.79 Å². The van der Waals surface area contributed by atoms with Crippen LogP contribution in [0.2, 0.25) is 0 Å². The summed E-state index contributed by atoms with van der Waals surface area (Å²) in [6.07, 6.45) is 3.01. The summed E-state index contributed by atoms with van der Waals surface area (Å²) >= 11 is 0. The van der Waals surface area contributed by atoms with E-state index in [2.05, 4.69) is 0 Å². The molecule has 0 atom stereocenters. The molecule has 4 nitrogen and oxygen atoms in total. The fourth-order valence-electron chi connectivity index (χ4n) is 1.83. The molecule has 0 aromatic carbocycles. The minimum absolute atomic E-state index is 0.00146. The highest BCUT2D eigenvalue weighted by molar-refractivity contribution is 5.76. The Bertz CT molecular complexity index is 179. The number of primary amides is 1. The molecule has 1 aliphatic rings. The van der Waals surface area contributed by atoms with Crippen LogP contribution in [-0.2, 0) is 14.3 Å². The van der Waals surface area contributed by atoms with Gasteiger partial charge in [0, 0.05) is 33.0 Å². The monoisotopic (exact) mass is 187 g/mol. The Kier molecular flexibility index (Phi) is 3.27. The number of hydrogen-bond acceptors (Lipinski definition) is 3. The van der Waals surface area contributed by atoms with Crippen molar-refractivity contribution in [3.05, 3.63) is 0 Å². The molecule has 1 saturated carbocycles. The van der Waals surface area contributed by atoms with Crippen molar-refractivity contribution in [3.63, 3.8) is 0 Å². The minimum Gasteiger partial charge on any atom is -0.369 e. The first-order chi connectivity index (χ1) is 6.13. The SMILES string of the molecule is COC1(OC)CCC(C(N)=O)CC1. The zero-order valence-electron chi connectivity index (χ0n) is 8.21. The Hall–Kier alpha value is -0.610. The van der Waals surface area contributed by atoms with Crippen LogP contribution in [0.15, 0.2) is 0 Å². The van der Waals surface area contributed by atoms with Crippen LogP contribution in [0.4, 0.5) is 0 Å². The van der Waals surface area contributed by atoms with Crippen LogP contribution in [0.3, 0.4) is 0 Å². The summed E-state index contributed by atoms with van der Waals surface area (Å²) in [7, 11) is 3.27. The maximum Gasteiger partial charge on any atom is 0.220 e. The molecule has 1 amide bonds. The summed E-state index contributed by atoms with van der Waals surface area (Å²) in [5, 5.41) is 0. The number of carbonyl (C=O) groups excluding carboxylic acids is 1. The van der Waals surface area contributed by atoms with Gasteiger partial charge in [-0.3, -0.25) is 4.79 Å². The molecule has 4 heteroatoms. The highest BCUT2D eigenvalue weighted by Gasteiger charge is 2.36. The normalized spacial score (nSPS) is 22.9. The summed E-state index contributed by atoms with van der Waals surface area (Å²) in [5.74, 6) is -0.689. The Morgan fingerprint density at radius 1 is 1.31 bits per heavy atom. The fourth-order valence-corrected chi connectivity index (χ4v) is 1.83. The average Bonchev–Trinajstić information content (AvgIpc) is 2.18. The summed E-state index contributed by atoms with van der Waals surface area (Å²) in [6.45, 7) is 0. The predicted octanol–water partition coefficient (Wildman–Crippen LogP) is 0.651. The Labute approximate surface area is 78.4 Å². The van der Waals surface area contributed by atoms with Crippen molar-refractivity contribution in [1.29, 1.82) is 0 Å². The first-order valence-electron chi connectivity index (χ1n) is 4.53. The number of rotatable bonds is 3. The molecule has 13 heavy (non-hydrogen) atoms. The van der Waals surface area contributed by atoms with E-state index in [1.54, 1.807) is 14.2 Å². The van der Waals surface area contributed by atoms with Gasteiger partial charge in [0.25, 0.3) is 0 Å². The van der Waals surface area contributed by atoms with Crippen LogP contribution in [0.25, 0.3) is 0 Å². The maximum absolute atomic E-state index is 10.9. The molecule has 0 aliphatic heterocycles. The topological polar surface area (TPSA) is 61.6 Å². The molecular weight excluding hydrogens is 170 g/mol. The lowest BCUT2D eigenvalue weighted by Crippen LogP contribution is -2.40. The van der Waals surface area contributed by atoms with Gasteiger partial charge < -0.3 is 15.2 Å². The van der Waals surface area contributed by atoms with Crippen LogP contribution in [0.5, 0.6) is 0 Å². The predicted molar refractivity (Wildman–Crippen MR) is 47.9 cm³/mol. The lowest BCUT2D eigenvalue weighted by atomic mass is 9.84. The van der Waals surface area contributed by atoms with Gasteiger partial charge in [-0.25, -0.2) is 0 Å². The Morgan fingerprint density at radius 2 is 1.77 bits per heavy atom. The smallest absolute Gasteiger partial charge is 0.220 e. The van der Waals surface area contributed by atoms with E-state index in [9.17, 15) is 4.79 Å². The fraction of sp³-hybridized carbons (Fsp3) is 0.889. The average molecular weight is 187 g/mol. The number of hydrogen-bond donors (Lipinski definition) is 1. The summed E-state index contributed by atoms with van der Waals surface area (Å²) < 4.78 is 10.6. The molecule has 0 saturated heterocycles. The van der Waals surface area contributed by atoms with Crippen molar-refractivity contribution in [3.8, 4) is 0 Å². The van der Waals surface area contributed by atoms with Gasteiger partial charge in [-0.15, -0.1) is 0 Å². The van der Waals surface area contributed by atoms with E-state index in [1.165, 1.54) is 0 Å². The zero-order valence-corrected chi connectivity index (χ0v) is 8.21. The summed E-state index contributed by atoms with van der Waals surface area (Å²) in [5.41, 5.74) is 5.22. The third kappa shape index (κ3) is 2.19. The number of ether oxygens (including phenoxy) is 2. The van der Waals surface area contributed by atoms with E-state index in [0.29, 0.717) is 0 Å². The van der Waals surface area contributed by atoms with Crippen molar-refractivity contribution in [2.45, 2.75) is 31.5 Å². The molecule has 0 unspecified atom stereocenters. The number of nitrogens with two attached hydrogens (primary N) is 1. The molecule has 0 heterocycles. The van der Waals surface area contributed by atoms with Gasteiger partial charge >= 0.3 is 0 Å². The molecule has 0 spiro atoms. The maximum atomic E-state index is 10.9. The van der Waals surface area contributed by atoms with E-state index in [4.69, 9.17) is 15.2 Å². The van der Waals surface area contributed by atoms with Gasteiger partial charge in [0.05, 0.1) is 0 Å². The summed E-state index contributed by atoms with van der Waals surface area (Å²) in [4.78, 5) is 10.9. The molecule has 1 fully saturated rings. The van der Waals surface area contributed by atoms with Gasteiger partial charge in [-0.2, -0.15) is 0 Å². The first-order valence-corrected chi connectivity index (χ1v) is 4.53. The molecule has 0 aromatic heterocycles. The number of amides is 1. The second-order valence-corrected chi connectivity index (χ2v) is 3.50. The first kappa shape index (κ1) is 10.5. The van der Waals surface area contributed by atoms with Crippen LogP contribution >= 0.6 is 0 Å². The number of carbonyl (C=O) groups is 1. The van der Waals surface area contributed by atoms with Crippen molar-refractivity contribution in [1.82, 2.24) is 0 Å². The van der Waals surface area contributed by atoms with Crippen molar-refractivity contribution >= 4 is 5.91 Å². The van der Waals surface area contributed by atoms with Crippen LogP contribution in [-0.4, -0.2) is 25.9 Å². The Balaban J connectivity index is 2.50. The molecule has 1 aliphatic carbocycles. The van der Waals surface area contributed by atoms with Crippen molar-refractivity contribution < 1.29 is 14.3 Å². The molecule has 0 bridgehead atoms. The van der Waals surface area contributed by atoms with E-state index in [-0.39, 0.29) is 11.8 Å². The van der Waals surface area contributed by atoms with E-state index in [0.717, 1.165) is 25.7 Å². The highest BCUT2D eigenvalue weighted by Crippen LogP contribution is 2.34. The van der Waals surface area contributed by atoms with E-state index >= 15 is 0 Å². The minimum atomic E-state index is -0.480. The molecule has 0 aromatic rings. The van der Waals surface area contributed by atoms with Gasteiger partial charge in [-0.05, 0) is 12.8 Å².